The Kier molecular flexibility index (Phi) is 5.85. The Morgan fingerprint density at radius 2 is 1.84 bits per heavy atom. The van der Waals surface area contributed by atoms with Gasteiger partial charge in [-0.05, 0) is 11.5 Å². The molecule has 0 saturated heterocycles. The number of rotatable bonds is 5. The first-order chi connectivity index (χ1) is 9.04. The number of nitrogens with one attached hydrogen (secondary N) is 2. The summed E-state index contributed by atoms with van der Waals surface area (Å²) in [6, 6.07) is 9.67. The van der Waals surface area contributed by atoms with Crippen molar-refractivity contribution in [1.82, 2.24) is 10.6 Å². The Labute approximate surface area is 113 Å². The second-order valence-electron chi connectivity index (χ2n) is 4.55. The molecule has 0 aliphatic carbocycles. The predicted molar refractivity (Wildman–Crippen MR) is 72.6 cm³/mol. The van der Waals surface area contributed by atoms with Gasteiger partial charge in [0.1, 0.15) is 6.54 Å². The first-order valence-corrected chi connectivity index (χ1v) is 6.20. The monoisotopic (exact) mass is 264 g/mol. The first kappa shape index (κ1) is 15.0. The van der Waals surface area contributed by atoms with Crippen molar-refractivity contribution in [3.8, 4) is 0 Å². The van der Waals surface area contributed by atoms with Crippen LogP contribution in [0, 0.1) is 5.92 Å². The van der Waals surface area contributed by atoms with E-state index >= 15 is 0 Å². The smallest absolute Gasteiger partial charge is 0.407 e. The molecule has 0 aliphatic heterocycles. The number of carbonyl (C=O) groups excluding carboxylic acids is 2. The van der Waals surface area contributed by atoms with Crippen molar-refractivity contribution in [1.29, 1.82) is 0 Å². The van der Waals surface area contributed by atoms with E-state index in [1.807, 2.05) is 44.2 Å². The average molecular weight is 264 g/mol. The van der Waals surface area contributed by atoms with Crippen LogP contribution in [-0.2, 0) is 9.53 Å². The molecule has 1 aromatic carbocycles. The fourth-order valence-corrected chi connectivity index (χ4v) is 1.74. The van der Waals surface area contributed by atoms with Gasteiger partial charge in [0.05, 0.1) is 13.2 Å². The topological polar surface area (TPSA) is 67.4 Å². The largest absolute Gasteiger partial charge is 0.453 e. The molecule has 0 aliphatic rings. The third kappa shape index (κ3) is 4.99. The molecule has 0 aromatic heterocycles. The Hall–Kier alpha value is -2.04. The molecule has 0 spiro atoms. The van der Waals surface area contributed by atoms with Crippen molar-refractivity contribution in [2.45, 2.75) is 19.9 Å². The minimum absolute atomic E-state index is 0.0758. The van der Waals surface area contributed by atoms with Crippen molar-refractivity contribution in [3.05, 3.63) is 35.9 Å². The molecule has 1 rings (SSSR count). The zero-order chi connectivity index (χ0) is 14.3. The van der Waals surface area contributed by atoms with E-state index in [-0.39, 0.29) is 24.4 Å². The fourth-order valence-electron chi connectivity index (χ4n) is 1.74. The maximum Gasteiger partial charge on any atom is 0.407 e. The van der Waals surface area contributed by atoms with E-state index in [0.717, 1.165) is 5.56 Å². The minimum Gasteiger partial charge on any atom is -0.453 e. The number of amides is 2. The normalized spacial score (nSPS) is 11.8. The number of hydrogen-bond donors (Lipinski definition) is 2. The molecular formula is C14H20N2O3. The van der Waals surface area contributed by atoms with Crippen molar-refractivity contribution >= 4 is 12.0 Å². The second-order valence-corrected chi connectivity index (χ2v) is 4.55. The lowest BCUT2D eigenvalue weighted by molar-refractivity contribution is -0.121. The van der Waals surface area contributed by atoms with Crippen LogP contribution in [0.3, 0.4) is 0 Å². The van der Waals surface area contributed by atoms with Crippen LogP contribution in [0.25, 0.3) is 0 Å². The predicted octanol–water partition coefficient (Wildman–Crippen LogP) is 1.86. The maximum absolute atomic E-state index is 11.8. The number of carbonyl (C=O) groups is 2. The highest BCUT2D eigenvalue weighted by atomic mass is 16.5. The van der Waals surface area contributed by atoms with E-state index < -0.39 is 6.09 Å². The van der Waals surface area contributed by atoms with Crippen LogP contribution in [-0.4, -0.2) is 25.7 Å². The zero-order valence-electron chi connectivity index (χ0n) is 11.5. The van der Waals surface area contributed by atoms with E-state index in [0.29, 0.717) is 0 Å². The molecule has 0 unspecified atom stereocenters. The van der Waals surface area contributed by atoms with Crippen LogP contribution in [0.4, 0.5) is 4.79 Å². The van der Waals surface area contributed by atoms with Gasteiger partial charge < -0.3 is 15.4 Å². The molecule has 1 aromatic rings. The summed E-state index contributed by atoms with van der Waals surface area (Å²) in [5, 5.41) is 5.26. The summed E-state index contributed by atoms with van der Waals surface area (Å²) in [6.45, 7) is 3.97. The molecule has 0 radical (unpaired) electrons. The molecule has 1 atom stereocenters. The highest BCUT2D eigenvalue weighted by Gasteiger charge is 2.18. The molecule has 0 heterocycles. The lowest BCUT2D eigenvalue weighted by atomic mass is 9.96. The number of hydrogen-bond acceptors (Lipinski definition) is 3. The number of ether oxygens (including phenoxy) is 1. The molecule has 2 amide bonds. The molecule has 104 valence electrons. The summed E-state index contributed by atoms with van der Waals surface area (Å²) >= 11 is 0. The number of methoxy groups -OCH3 is 1. The number of alkyl carbamates (subject to hydrolysis) is 1. The highest BCUT2D eigenvalue weighted by molar-refractivity contribution is 5.82. The van der Waals surface area contributed by atoms with Crippen LogP contribution in [0.15, 0.2) is 30.3 Å². The van der Waals surface area contributed by atoms with Gasteiger partial charge in [-0.15, -0.1) is 0 Å². The summed E-state index contributed by atoms with van der Waals surface area (Å²) in [5.41, 5.74) is 1.05. The van der Waals surface area contributed by atoms with E-state index in [9.17, 15) is 9.59 Å². The van der Waals surface area contributed by atoms with Crippen LogP contribution < -0.4 is 10.6 Å². The molecule has 5 heteroatoms. The molecule has 0 fully saturated rings. The van der Waals surface area contributed by atoms with Gasteiger partial charge in [0.15, 0.2) is 0 Å². The molecule has 2 N–H and O–H groups in total. The third-order valence-electron chi connectivity index (χ3n) is 2.72. The standard InChI is InChI=1S/C14H20N2O3/c1-10(2)13(11-7-5-4-6-8-11)16-12(17)9-15-14(18)19-3/h4-8,10,13H,9H2,1-3H3,(H,15,18)(H,16,17)/t13-/m0/s1. The minimum atomic E-state index is -0.615. The summed E-state index contributed by atoms with van der Waals surface area (Å²) in [7, 11) is 1.26. The van der Waals surface area contributed by atoms with Crippen LogP contribution in [0.1, 0.15) is 25.5 Å². The first-order valence-electron chi connectivity index (χ1n) is 6.20. The Morgan fingerprint density at radius 3 is 2.37 bits per heavy atom. The lowest BCUT2D eigenvalue weighted by Crippen LogP contribution is -2.40. The molecule has 5 nitrogen and oxygen atoms in total. The SMILES string of the molecule is COC(=O)NCC(=O)N[C@H](c1ccccc1)C(C)C. The van der Waals surface area contributed by atoms with Crippen LogP contribution in [0.2, 0.25) is 0 Å². The summed E-state index contributed by atoms with van der Waals surface area (Å²) in [4.78, 5) is 22.7. The Bertz CT molecular complexity index is 418. The van der Waals surface area contributed by atoms with Gasteiger partial charge in [-0.2, -0.15) is 0 Å². The van der Waals surface area contributed by atoms with E-state index in [1.54, 1.807) is 0 Å². The van der Waals surface area contributed by atoms with E-state index in [2.05, 4.69) is 15.4 Å². The van der Waals surface area contributed by atoms with Gasteiger partial charge in [-0.25, -0.2) is 4.79 Å². The van der Waals surface area contributed by atoms with Crippen molar-refractivity contribution in [2.75, 3.05) is 13.7 Å². The Morgan fingerprint density at radius 1 is 1.21 bits per heavy atom. The van der Waals surface area contributed by atoms with Crippen LogP contribution >= 0.6 is 0 Å². The molecule has 0 saturated carbocycles. The third-order valence-corrected chi connectivity index (χ3v) is 2.72. The van der Waals surface area contributed by atoms with Gasteiger partial charge in [-0.1, -0.05) is 44.2 Å². The lowest BCUT2D eigenvalue weighted by Gasteiger charge is -2.23. The molecular weight excluding hydrogens is 244 g/mol. The van der Waals surface area contributed by atoms with Gasteiger partial charge in [0.25, 0.3) is 0 Å². The average Bonchev–Trinajstić information content (AvgIpc) is 2.42. The Balaban J connectivity index is 2.60. The van der Waals surface area contributed by atoms with E-state index in [4.69, 9.17) is 0 Å². The number of benzene rings is 1. The molecule has 0 bridgehead atoms. The van der Waals surface area contributed by atoms with Crippen molar-refractivity contribution in [2.24, 2.45) is 5.92 Å². The van der Waals surface area contributed by atoms with Crippen molar-refractivity contribution < 1.29 is 14.3 Å². The van der Waals surface area contributed by atoms with Gasteiger partial charge in [0.2, 0.25) is 5.91 Å². The van der Waals surface area contributed by atoms with Gasteiger partial charge in [-0.3, -0.25) is 4.79 Å². The van der Waals surface area contributed by atoms with Crippen molar-refractivity contribution in [3.63, 3.8) is 0 Å². The van der Waals surface area contributed by atoms with Gasteiger partial charge in [0, 0.05) is 0 Å². The summed E-state index contributed by atoms with van der Waals surface area (Å²) in [5.74, 6) is 0.0115. The van der Waals surface area contributed by atoms with E-state index in [1.165, 1.54) is 7.11 Å². The zero-order valence-corrected chi connectivity index (χ0v) is 11.5. The quantitative estimate of drug-likeness (QED) is 0.853. The highest BCUT2D eigenvalue weighted by Crippen LogP contribution is 2.20. The fraction of sp³-hybridized carbons (Fsp3) is 0.429. The molecule has 19 heavy (non-hydrogen) atoms. The summed E-state index contributed by atoms with van der Waals surface area (Å²) in [6.07, 6.45) is -0.615. The second kappa shape index (κ2) is 7.41. The van der Waals surface area contributed by atoms with Gasteiger partial charge >= 0.3 is 6.09 Å². The maximum atomic E-state index is 11.8. The summed E-state index contributed by atoms with van der Waals surface area (Å²) < 4.78 is 4.41. The van der Waals surface area contributed by atoms with Crippen LogP contribution in [0.5, 0.6) is 0 Å².